The van der Waals surface area contributed by atoms with Gasteiger partial charge in [0.1, 0.15) is 5.82 Å². The quantitative estimate of drug-likeness (QED) is 0.787. The fraction of sp³-hybridized carbons (Fsp3) is 0.125. The summed E-state index contributed by atoms with van der Waals surface area (Å²) in [5.74, 6) is 1.79. The lowest BCUT2D eigenvalue weighted by atomic mass is 10.3. The van der Waals surface area contributed by atoms with Crippen molar-refractivity contribution in [3.63, 3.8) is 0 Å². The highest BCUT2D eigenvalue weighted by Crippen LogP contribution is 2.14. The highest BCUT2D eigenvalue weighted by Gasteiger charge is 2.09. The SMILES string of the molecule is Cc1nnc(CNc2ccccc2)n1-c1ccccc1. The lowest BCUT2D eigenvalue weighted by molar-refractivity contribution is 0.878. The summed E-state index contributed by atoms with van der Waals surface area (Å²) >= 11 is 0. The smallest absolute Gasteiger partial charge is 0.156 e. The minimum absolute atomic E-state index is 0.639. The monoisotopic (exact) mass is 264 g/mol. The number of aromatic nitrogens is 3. The molecule has 100 valence electrons. The van der Waals surface area contributed by atoms with Crippen molar-refractivity contribution < 1.29 is 0 Å². The molecule has 0 spiro atoms. The standard InChI is InChI=1S/C16H16N4/c1-13-18-19-16(12-17-14-8-4-2-5-9-14)20(13)15-10-6-3-7-11-15/h2-11,17H,12H2,1H3. The summed E-state index contributed by atoms with van der Waals surface area (Å²) in [7, 11) is 0. The van der Waals surface area contributed by atoms with Gasteiger partial charge in [-0.05, 0) is 31.2 Å². The fourth-order valence-corrected chi connectivity index (χ4v) is 2.17. The molecule has 1 aromatic heterocycles. The Morgan fingerprint density at radius 3 is 2.25 bits per heavy atom. The van der Waals surface area contributed by atoms with E-state index in [9.17, 15) is 0 Å². The van der Waals surface area contributed by atoms with E-state index >= 15 is 0 Å². The molecule has 3 aromatic rings. The van der Waals surface area contributed by atoms with Gasteiger partial charge in [0.15, 0.2) is 5.82 Å². The topological polar surface area (TPSA) is 42.7 Å². The molecule has 20 heavy (non-hydrogen) atoms. The van der Waals surface area contributed by atoms with Gasteiger partial charge in [0.2, 0.25) is 0 Å². The minimum Gasteiger partial charge on any atom is -0.378 e. The average Bonchev–Trinajstić information content (AvgIpc) is 2.88. The Morgan fingerprint density at radius 2 is 1.55 bits per heavy atom. The fourth-order valence-electron chi connectivity index (χ4n) is 2.17. The minimum atomic E-state index is 0.639. The first-order valence-electron chi connectivity index (χ1n) is 6.60. The van der Waals surface area contributed by atoms with E-state index in [-0.39, 0.29) is 0 Å². The highest BCUT2D eigenvalue weighted by molar-refractivity contribution is 5.43. The molecular formula is C16H16N4. The Balaban J connectivity index is 1.85. The normalized spacial score (nSPS) is 10.4. The van der Waals surface area contributed by atoms with E-state index in [0.29, 0.717) is 6.54 Å². The van der Waals surface area contributed by atoms with Crippen LogP contribution in [0.5, 0.6) is 0 Å². The molecule has 0 saturated carbocycles. The zero-order chi connectivity index (χ0) is 13.8. The van der Waals surface area contributed by atoms with Gasteiger partial charge in [-0.2, -0.15) is 0 Å². The van der Waals surface area contributed by atoms with Gasteiger partial charge in [0, 0.05) is 11.4 Å². The number of benzene rings is 2. The second kappa shape index (κ2) is 5.57. The molecular weight excluding hydrogens is 248 g/mol. The molecule has 1 heterocycles. The molecule has 0 aliphatic heterocycles. The molecule has 2 aromatic carbocycles. The number of anilines is 1. The van der Waals surface area contributed by atoms with Crippen LogP contribution in [0.15, 0.2) is 60.7 Å². The second-order valence-corrected chi connectivity index (χ2v) is 4.55. The van der Waals surface area contributed by atoms with Gasteiger partial charge >= 0.3 is 0 Å². The first-order chi connectivity index (χ1) is 9.84. The van der Waals surface area contributed by atoms with Crippen LogP contribution in [0, 0.1) is 6.92 Å². The molecule has 4 heteroatoms. The maximum atomic E-state index is 4.26. The molecule has 0 atom stereocenters. The van der Waals surface area contributed by atoms with Gasteiger partial charge in [-0.25, -0.2) is 0 Å². The molecule has 0 aliphatic carbocycles. The molecule has 0 aliphatic rings. The van der Waals surface area contributed by atoms with E-state index in [4.69, 9.17) is 0 Å². The Bertz CT molecular complexity index is 674. The maximum absolute atomic E-state index is 4.26. The zero-order valence-corrected chi connectivity index (χ0v) is 11.3. The van der Waals surface area contributed by atoms with Gasteiger partial charge in [-0.3, -0.25) is 4.57 Å². The summed E-state index contributed by atoms with van der Waals surface area (Å²) in [6, 6.07) is 20.3. The molecule has 0 saturated heterocycles. The lowest BCUT2D eigenvalue weighted by Crippen LogP contribution is -2.08. The summed E-state index contributed by atoms with van der Waals surface area (Å²) in [5.41, 5.74) is 2.16. The van der Waals surface area contributed by atoms with Crippen LogP contribution in [0.3, 0.4) is 0 Å². The molecule has 1 N–H and O–H groups in total. The number of rotatable bonds is 4. The van der Waals surface area contributed by atoms with Gasteiger partial charge in [0.05, 0.1) is 6.54 Å². The second-order valence-electron chi connectivity index (χ2n) is 4.55. The predicted octanol–water partition coefficient (Wildman–Crippen LogP) is 3.19. The van der Waals surface area contributed by atoms with Gasteiger partial charge in [-0.1, -0.05) is 36.4 Å². The van der Waals surface area contributed by atoms with Crippen molar-refractivity contribution in [2.75, 3.05) is 5.32 Å². The molecule has 4 nitrogen and oxygen atoms in total. The van der Waals surface area contributed by atoms with Gasteiger partial charge in [-0.15, -0.1) is 10.2 Å². The number of nitrogens with zero attached hydrogens (tertiary/aromatic N) is 3. The molecule has 0 bridgehead atoms. The average molecular weight is 264 g/mol. The van der Waals surface area contributed by atoms with Crippen LogP contribution in [0.2, 0.25) is 0 Å². The number of para-hydroxylation sites is 2. The van der Waals surface area contributed by atoms with Crippen molar-refractivity contribution in [1.82, 2.24) is 14.8 Å². The van der Waals surface area contributed by atoms with E-state index < -0.39 is 0 Å². The van der Waals surface area contributed by atoms with Crippen LogP contribution >= 0.6 is 0 Å². The third-order valence-corrected chi connectivity index (χ3v) is 3.13. The summed E-state index contributed by atoms with van der Waals surface area (Å²) in [6.07, 6.45) is 0. The number of hydrogen-bond acceptors (Lipinski definition) is 3. The van der Waals surface area contributed by atoms with Crippen LogP contribution in [0.4, 0.5) is 5.69 Å². The number of aryl methyl sites for hydroxylation is 1. The molecule has 3 rings (SSSR count). The maximum Gasteiger partial charge on any atom is 0.156 e. The third-order valence-electron chi connectivity index (χ3n) is 3.13. The van der Waals surface area contributed by atoms with Crippen LogP contribution in [0.1, 0.15) is 11.6 Å². The van der Waals surface area contributed by atoms with Crippen molar-refractivity contribution in [3.05, 3.63) is 72.3 Å². The van der Waals surface area contributed by atoms with Crippen molar-refractivity contribution in [2.24, 2.45) is 0 Å². The van der Waals surface area contributed by atoms with Crippen molar-refractivity contribution in [1.29, 1.82) is 0 Å². The van der Waals surface area contributed by atoms with Gasteiger partial charge < -0.3 is 5.32 Å². The van der Waals surface area contributed by atoms with Crippen molar-refractivity contribution in [2.45, 2.75) is 13.5 Å². The summed E-state index contributed by atoms with van der Waals surface area (Å²) in [6.45, 7) is 2.60. The Hall–Kier alpha value is -2.62. The molecule has 0 radical (unpaired) electrons. The lowest BCUT2D eigenvalue weighted by Gasteiger charge is -2.10. The van der Waals surface area contributed by atoms with Gasteiger partial charge in [0.25, 0.3) is 0 Å². The van der Waals surface area contributed by atoms with Crippen molar-refractivity contribution in [3.8, 4) is 5.69 Å². The molecule has 0 unspecified atom stereocenters. The van der Waals surface area contributed by atoms with Crippen LogP contribution < -0.4 is 5.32 Å². The largest absolute Gasteiger partial charge is 0.378 e. The third kappa shape index (κ3) is 2.54. The summed E-state index contributed by atoms with van der Waals surface area (Å²) in [5, 5.41) is 11.8. The summed E-state index contributed by atoms with van der Waals surface area (Å²) in [4.78, 5) is 0. The van der Waals surface area contributed by atoms with E-state index in [1.54, 1.807) is 0 Å². The first kappa shape index (κ1) is 12.4. The van der Waals surface area contributed by atoms with E-state index in [1.807, 2.05) is 55.5 Å². The van der Waals surface area contributed by atoms with Crippen LogP contribution in [-0.2, 0) is 6.54 Å². The molecule has 0 amide bonds. The van der Waals surface area contributed by atoms with E-state index in [0.717, 1.165) is 23.0 Å². The number of nitrogens with one attached hydrogen (secondary N) is 1. The Kier molecular flexibility index (Phi) is 3.46. The Morgan fingerprint density at radius 1 is 0.900 bits per heavy atom. The predicted molar refractivity (Wildman–Crippen MR) is 79.9 cm³/mol. The van der Waals surface area contributed by atoms with E-state index in [1.165, 1.54) is 0 Å². The zero-order valence-electron chi connectivity index (χ0n) is 11.3. The van der Waals surface area contributed by atoms with Crippen molar-refractivity contribution >= 4 is 5.69 Å². The Labute approximate surface area is 118 Å². The molecule has 0 fully saturated rings. The summed E-state index contributed by atoms with van der Waals surface area (Å²) < 4.78 is 2.07. The highest BCUT2D eigenvalue weighted by atomic mass is 15.3. The first-order valence-corrected chi connectivity index (χ1v) is 6.60. The number of hydrogen-bond donors (Lipinski definition) is 1. The van der Waals surface area contributed by atoms with Crippen LogP contribution in [0.25, 0.3) is 5.69 Å². The van der Waals surface area contributed by atoms with Crippen LogP contribution in [-0.4, -0.2) is 14.8 Å². The van der Waals surface area contributed by atoms with E-state index in [2.05, 4.69) is 32.2 Å².